The van der Waals surface area contributed by atoms with Gasteiger partial charge in [-0.15, -0.1) is 0 Å². The average Bonchev–Trinajstić information content (AvgIpc) is 0.748. The summed E-state index contributed by atoms with van der Waals surface area (Å²) in [6.07, 6.45) is -46.1. The zero-order valence-corrected chi connectivity index (χ0v) is 77.6. The summed E-state index contributed by atoms with van der Waals surface area (Å²) in [5, 5.41) is 45.0. The minimum atomic E-state index is -5.81. The van der Waals surface area contributed by atoms with Crippen molar-refractivity contribution in [1.29, 1.82) is 0 Å². The summed E-state index contributed by atoms with van der Waals surface area (Å²) in [4.78, 5) is 50.3. The normalized spacial score (nSPS) is 25.4. The van der Waals surface area contributed by atoms with Crippen LogP contribution in [0.1, 0.15) is 159 Å². The van der Waals surface area contributed by atoms with Crippen molar-refractivity contribution in [2.75, 3.05) is 92.5 Å². The van der Waals surface area contributed by atoms with Crippen LogP contribution in [0.5, 0.6) is 0 Å². The van der Waals surface area contributed by atoms with E-state index in [1.54, 1.807) is 41.5 Å². The molecule has 0 aromatic heterocycles. The third kappa shape index (κ3) is 45.7. The third-order valence-electron chi connectivity index (χ3n) is 18.8. The number of nitrogens with zero attached hydrogens (tertiary/aromatic N) is 9. The Morgan fingerprint density at radius 3 is 0.923 bits per heavy atom. The first kappa shape index (κ1) is 119. The molecule has 57 nitrogen and oxygen atoms in total. The Balaban J connectivity index is 2.55. The lowest BCUT2D eigenvalue weighted by atomic mass is 9.96. The van der Waals surface area contributed by atoms with Crippen LogP contribution in [0.15, 0.2) is 15.3 Å². The molecule has 0 radical (unpaired) electrons. The fraction of sp³-hybridized carbons (Fsp3) is 0.955. The number of carbonyl (C=O) groups is 3. The first-order valence-corrected chi connectivity index (χ1v) is 49.3. The van der Waals surface area contributed by atoms with Crippen LogP contribution in [0.4, 0.5) is 0 Å². The highest BCUT2D eigenvalue weighted by atomic mass is 32.3. The molecule has 3 rings (SSSR count). The molecule has 130 heavy (non-hydrogen) atoms. The van der Waals surface area contributed by atoms with Gasteiger partial charge in [0.05, 0.1) is 69.1 Å². The smallest absolute Gasteiger partial charge is 0.397 e. The van der Waals surface area contributed by atoms with Crippen LogP contribution < -0.4 is 0 Å². The van der Waals surface area contributed by atoms with Gasteiger partial charge in [-0.2, -0.15) is 50.5 Å². The van der Waals surface area contributed by atoms with Gasteiger partial charge in [0, 0.05) is 61.0 Å². The number of hydrogen-bond donors (Lipinski definition) is 9. The van der Waals surface area contributed by atoms with E-state index in [0.717, 1.165) is 13.8 Å². The second kappa shape index (κ2) is 60.4. The fourth-order valence-corrected chi connectivity index (χ4v) is 14.3. The van der Waals surface area contributed by atoms with Gasteiger partial charge in [0.15, 0.2) is 49.8 Å². The van der Waals surface area contributed by atoms with Crippen LogP contribution in [0.2, 0.25) is 0 Å². The number of unbranched alkanes of at least 4 members (excludes halogenated alkanes) is 7. The van der Waals surface area contributed by atoms with Gasteiger partial charge in [0.25, 0.3) is 0 Å². The van der Waals surface area contributed by atoms with E-state index in [0.29, 0.717) is 51.4 Å². The Bertz CT molecular complexity index is 4210. The molecule has 3 fully saturated rings. The number of carboxylic acid groups (broad SMARTS) is 3. The molecule has 3 saturated heterocycles. The lowest BCUT2D eigenvalue weighted by Crippen LogP contribution is -2.64. The molecule has 0 bridgehead atoms. The van der Waals surface area contributed by atoms with Crippen molar-refractivity contribution in [2.24, 2.45) is 15.3 Å². The molecule has 758 valence electrons. The van der Waals surface area contributed by atoms with Crippen LogP contribution >= 0.6 is 0 Å². The van der Waals surface area contributed by atoms with Gasteiger partial charge in [0.2, 0.25) is 0 Å². The highest BCUT2D eigenvalue weighted by Crippen LogP contribution is 2.38. The minimum absolute atomic E-state index is 0.00807. The molecule has 0 amide bonds. The second-order valence-corrected chi connectivity index (χ2v) is 35.5. The van der Waals surface area contributed by atoms with E-state index in [4.69, 9.17) is 97.8 Å². The van der Waals surface area contributed by atoms with Crippen LogP contribution in [0.3, 0.4) is 0 Å². The van der Waals surface area contributed by atoms with E-state index in [9.17, 15) is 124 Å². The van der Waals surface area contributed by atoms with Gasteiger partial charge in [0.1, 0.15) is 86.8 Å². The molecule has 9 N–H and O–H groups in total. The van der Waals surface area contributed by atoms with E-state index in [1.807, 2.05) is 6.92 Å². The Morgan fingerprint density at radius 1 is 0.362 bits per heavy atom. The molecule has 3 heterocycles. The average molecular weight is 2010 g/mol. The molecule has 26 atom stereocenters. The van der Waals surface area contributed by atoms with Crippen molar-refractivity contribution in [3.05, 3.63) is 31.3 Å². The first-order chi connectivity index (χ1) is 61.1. The predicted molar refractivity (Wildman–Crippen MR) is 434 cm³/mol. The summed E-state index contributed by atoms with van der Waals surface area (Å²) in [6, 6.07) is -5.90. The number of hydrogen-bond acceptors (Lipinski definition) is 42. The van der Waals surface area contributed by atoms with Gasteiger partial charge in [-0.25, -0.2) is 39.5 Å². The topological polar surface area (TPSA) is 806 Å². The predicted octanol–water partition coefficient (Wildman–Crippen LogP) is 4.46. The summed E-state index contributed by atoms with van der Waals surface area (Å²) in [7, 11) is -33.7. The molecule has 0 aromatic rings. The van der Waals surface area contributed by atoms with E-state index in [1.165, 1.54) is 6.92 Å². The number of aliphatic carboxylic acids is 3. The third-order valence-corrected chi connectivity index (χ3v) is 21.4. The summed E-state index contributed by atoms with van der Waals surface area (Å²) < 4.78 is 348. The van der Waals surface area contributed by atoms with Crippen molar-refractivity contribution < 1.29 is 218 Å². The lowest BCUT2D eigenvalue weighted by molar-refractivity contribution is -0.343. The quantitative estimate of drug-likeness (QED) is 0.0101. The zero-order chi connectivity index (χ0) is 97.8. The molecule has 63 heteroatoms. The summed E-state index contributed by atoms with van der Waals surface area (Å²) >= 11 is 0. The summed E-state index contributed by atoms with van der Waals surface area (Å²) in [5.74, 6) is -6.13. The van der Waals surface area contributed by atoms with Gasteiger partial charge < -0.3 is 101 Å². The molecular weight excluding hydrogens is 1890 g/mol. The van der Waals surface area contributed by atoms with Crippen LogP contribution in [-0.4, -0.2) is 363 Å². The van der Waals surface area contributed by atoms with Crippen LogP contribution in [-0.2, 0) is 187 Å². The maximum absolute atomic E-state index is 14.3. The number of ether oxygens (including phenoxy) is 18. The fourth-order valence-electron chi connectivity index (χ4n) is 12.5. The lowest BCUT2D eigenvalue weighted by Gasteiger charge is -2.47. The van der Waals surface area contributed by atoms with Crippen molar-refractivity contribution >= 4 is 80.3 Å². The monoisotopic (exact) mass is 2010 g/mol. The molecule has 0 spiro atoms. The van der Waals surface area contributed by atoms with Crippen molar-refractivity contribution in [3.8, 4) is 0 Å². The van der Waals surface area contributed by atoms with Gasteiger partial charge in [-0.05, 0) is 82.3 Å². The molecule has 3 aliphatic rings. The highest BCUT2D eigenvalue weighted by molar-refractivity contribution is 7.82. The minimum Gasteiger partial charge on any atom is -0.479 e. The SMILES string of the molecule is CCCCOC1[C@H](OC(COS(=O)(=O)O)OC(C(=O)O)[C@H](O[C@H]2OC(COS(=O)(=O)O)[C@@H](OC(COS(=O)(=O)O)OC(C(=O)O)[C@H](O[C@@H]3OC(COS(=O)(=O)O)[C@@H](OC(COS(=O)(=O)O)OC(C(=O)O)[C@@H](OCCCC)[C@H](C)OCCCC)C(OCCCC)[C@@H]3N=[N+]=[N-])[C@H](C)OCCCC)C(OCCCC)[C@@H]2N=[N+]=[N-])[C@H](C)OCCCC)C(COS(=O)(=O)O)OC[C@H]1N=[N+]=[N-]. The van der Waals surface area contributed by atoms with E-state index < -0.39 is 299 Å². The number of carboxylic acids is 3. The van der Waals surface area contributed by atoms with Crippen molar-refractivity contribution in [3.63, 3.8) is 0 Å². The Labute approximate surface area is 752 Å². The number of azide groups is 3. The summed E-state index contributed by atoms with van der Waals surface area (Å²) in [5.41, 5.74) is 30.5. The Hall–Kier alpha value is -5.16. The largest absolute Gasteiger partial charge is 0.479 e. The van der Waals surface area contributed by atoms with Gasteiger partial charge >= 0.3 is 80.3 Å². The maximum atomic E-state index is 14.3. The molecule has 0 aromatic carbocycles. The van der Waals surface area contributed by atoms with E-state index in [2.05, 4.69) is 42.6 Å². The summed E-state index contributed by atoms with van der Waals surface area (Å²) in [6.45, 7) is 4.26. The van der Waals surface area contributed by atoms with Crippen LogP contribution in [0.25, 0.3) is 31.3 Å². The van der Waals surface area contributed by atoms with Crippen molar-refractivity contribution in [1.82, 2.24) is 0 Å². The van der Waals surface area contributed by atoms with E-state index >= 15 is 0 Å². The molecule has 3 aliphatic heterocycles. The Morgan fingerprint density at radius 2 is 0.631 bits per heavy atom. The zero-order valence-electron chi connectivity index (χ0n) is 72.7. The molecule has 0 saturated carbocycles. The van der Waals surface area contributed by atoms with Gasteiger partial charge in [-0.3, -0.25) is 27.3 Å². The van der Waals surface area contributed by atoms with E-state index in [-0.39, 0.29) is 71.6 Å². The van der Waals surface area contributed by atoms with Gasteiger partial charge in [-0.1, -0.05) is 109 Å². The van der Waals surface area contributed by atoms with Crippen LogP contribution in [0, 0.1) is 0 Å². The van der Waals surface area contributed by atoms with Crippen molar-refractivity contribution in [2.45, 2.75) is 319 Å². The highest BCUT2D eigenvalue weighted by Gasteiger charge is 2.56. The second-order valence-electron chi connectivity index (χ2n) is 28.9. The molecular formula is C67H121N9O48S6. The number of rotatable bonds is 74. The first-order valence-electron chi connectivity index (χ1n) is 41.1. The molecule has 0 aliphatic carbocycles. The maximum Gasteiger partial charge on any atom is 0.397 e. The standard InChI is InChI=1S/C67H121N9O48S6/c1-11-18-25-101-39(8)51(104-28-21-14-4)60(63(77)78)120-47(37-113-129(95,96)97)118-56-44(34-110-126(86,87)88)115-66(49(72-75-69)58(56)106-30-23-16-6)124-53(41(10)103-27-20-13-3)62(65(81)82)122-48(38-114-130(98,99)100)119-57-45(35-111-127(89,90)91)116-67(50(73-76-70)59(57)107-31-24-17-7)123-52(40(9)102-26-19-12-2)61(64(79)80)121-46(36-112-128(92,93)94)117-55-43(33-109-125(83,84)85)108-32-42(71-74-68)54(55)105-29-22-15-5/h39-62,66-67H,11-38H2,1-10H3,(H,77,78)(H,79,80)(H,81,82)(H,83,84,85)(H,86,87,88)(H,89,90,91)(H,92,93,94)(H,95,96,97)(H,98,99,100)/t39-,40-,41-,42+,43?,44?,45?,46?,47?,48?,49-,50-,51-,52+,53+,54?,55+,56+,57+,58?,59?,60?,61?,62?,66-,67+/m0/s1. The Kier molecular flexibility index (Phi) is 55.3. The molecule has 12 unspecified atom stereocenters.